The Morgan fingerprint density at radius 2 is 2.23 bits per heavy atom. The van der Waals surface area contributed by atoms with E-state index >= 15 is 0 Å². The van der Waals surface area contributed by atoms with E-state index in [1.807, 2.05) is 13.8 Å². The molecule has 0 fully saturated rings. The quantitative estimate of drug-likeness (QED) is 0.792. The third kappa shape index (κ3) is 3.94. The molecule has 0 unspecified atom stereocenters. The first-order valence-electron chi connectivity index (χ1n) is 6.92. The number of nitrogens with zero attached hydrogens (tertiary/aromatic N) is 3. The van der Waals surface area contributed by atoms with Crippen molar-refractivity contribution in [2.45, 2.75) is 33.4 Å². The summed E-state index contributed by atoms with van der Waals surface area (Å²) in [5.41, 5.74) is 0.350. The second-order valence-electron chi connectivity index (χ2n) is 5.30. The lowest BCUT2D eigenvalue weighted by Gasteiger charge is -2.09. The summed E-state index contributed by atoms with van der Waals surface area (Å²) in [7, 11) is 0. The molecule has 0 saturated heterocycles. The van der Waals surface area contributed by atoms with Crippen molar-refractivity contribution in [3.05, 3.63) is 35.5 Å². The molecule has 8 heteroatoms. The fourth-order valence-corrected chi connectivity index (χ4v) is 2.01. The monoisotopic (exact) mass is 306 g/mol. The van der Waals surface area contributed by atoms with Gasteiger partial charge in [0.05, 0.1) is 18.5 Å². The van der Waals surface area contributed by atoms with Crippen LogP contribution in [0.25, 0.3) is 0 Å². The highest BCUT2D eigenvalue weighted by Crippen LogP contribution is 2.12. The third-order valence-corrected chi connectivity index (χ3v) is 2.98. The highest BCUT2D eigenvalue weighted by Gasteiger charge is 2.21. The summed E-state index contributed by atoms with van der Waals surface area (Å²) in [5.74, 6) is -0.566. The Balaban J connectivity index is 2.04. The first-order chi connectivity index (χ1) is 10.5. The maximum absolute atomic E-state index is 11.9. The molecule has 0 aromatic carbocycles. The lowest BCUT2D eigenvalue weighted by molar-refractivity contribution is -0.122. The highest BCUT2D eigenvalue weighted by atomic mass is 16.4. The van der Waals surface area contributed by atoms with E-state index in [1.165, 1.54) is 10.9 Å². The van der Waals surface area contributed by atoms with Crippen LogP contribution in [-0.4, -0.2) is 32.0 Å². The number of furan rings is 1. The Kier molecular flexibility index (Phi) is 4.92. The lowest BCUT2D eigenvalue weighted by Crippen LogP contribution is -2.28. The molecule has 0 saturated carbocycles. The standard InChI is InChI=1S/C14H18N4O4/c1-9(2)6-11-13(14(20)21)16-17-18(11)8-12(19)15-7-10-4-3-5-22-10/h3-5,9H,6-8H2,1-2H3,(H,15,19)(H,20,21). The normalized spacial score (nSPS) is 10.9. The molecule has 0 aliphatic rings. The lowest BCUT2D eigenvalue weighted by atomic mass is 10.1. The van der Waals surface area contributed by atoms with Gasteiger partial charge >= 0.3 is 5.97 Å². The number of hydrogen-bond acceptors (Lipinski definition) is 5. The van der Waals surface area contributed by atoms with Crippen LogP contribution in [0.4, 0.5) is 0 Å². The van der Waals surface area contributed by atoms with Crippen LogP contribution in [0.15, 0.2) is 22.8 Å². The second-order valence-corrected chi connectivity index (χ2v) is 5.30. The van der Waals surface area contributed by atoms with Gasteiger partial charge in [-0.3, -0.25) is 4.79 Å². The smallest absolute Gasteiger partial charge is 0.358 e. The van der Waals surface area contributed by atoms with Gasteiger partial charge in [-0.1, -0.05) is 19.1 Å². The van der Waals surface area contributed by atoms with Crippen LogP contribution in [0.1, 0.15) is 35.8 Å². The molecule has 22 heavy (non-hydrogen) atoms. The van der Waals surface area contributed by atoms with Crippen molar-refractivity contribution in [2.24, 2.45) is 5.92 Å². The highest BCUT2D eigenvalue weighted by molar-refractivity contribution is 5.86. The van der Waals surface area contributed by atoms with Crippen LogP contribution in [0.2, 0.25) is 0 Å². The van der Waals surface area contributed by atoms with Crippen LogP contribution in [-0.2, 0) is 24.3 Å². The molecular weight excluding hydrogens is 288 g/mol. The van der Waals surface area contributed by atoms with E-state index in [0.29, 0.717) is 17.9 Å². The van der Waals surface area contributed by atoms with Gasteiger partial charge < -0.3 is 14.8 Å². The minimum atomic E-state index is -1.14. The molecule has 2 N–H and O–H groups in total. The summed E-state index contributed by atoms with van der Waals surface area (Å²) in [6.07, 6.45) is 2.01. The van der Waals surface area contributed by atoms with Crippen molar-refractivity contribution in [3.63, 3.8) is 0 Å². The number of rotatable bonds is 7. The first kappa shape index (κ1) is 15.7. The van der Waals surface area contributed by atoms with Gasteiger partial charge in [-0.15, -0.1) is 5.10 Å². The maximum atomic E-state index is 11.9. The average Bonchev–Trinajstić information content (AvgIpc) is 3.06. The summed E-state index contributed by atoms with van der Waals surface area (Å²) in [6.45, 7) is 4.11. The molecule has 0 bridgehead atoms. The minimum Gasteiger partial charge on any atom is -0.476 e. The SMILES string of the molecule is CC(C)Cc1c(C(=O)O)nnn1CC(=O)NCc1ccco1. The summed E-state index contributed by atoms with van der Waals surface area (Å²) < 4.78 is 6.45. The van der Waals surface area contributed by atoms with Crippen molar-refractivity contribution in [1.82, 2.24) is 20.3 Å². The van der Waals surface area contributed by atoms with Crippen molar-refractivity contribution >= 4 is 11.9 Å². The molecule has 0 spiro atoms. The maximum Gasteiger partial charge on any atom is 0.358 e. The Morgan fingerprint density at radius 3 is 2.82 bits per heavy atom. The van der Waals surface area contributed by atoms with E-state index in [9.17, 15) is 9.59 Å². The Morgan fingerprint density at radius 1 is 1.45 bits per heavy atom. The van der Waals surface area contributed by atoms with Gasteiger partial charge in [0.2, 0.25) is 5.91 Å². The molecular formula is C14H18N4O4. The van der Waals surface area contributed by atoms with E-state index in [2.05, 4.69) is 15.6 Å². The molecule has 0 radical (unpaired) electrons. The van der Waals surface area contributed by atoms with E-state index < -0.39 is 5.97 Å². The van der Waals surface area contributed by atoms with Gasteiger partial charge in [0.25, 0.3) is 0 Å². The topological polar surface area (TPSA) is 110 Å². The zero-order valence-corrected chi connectivity index (χ0v) is 12.4. The average molecular weight is 306 g/mol. The van der Waals surface area contributed by atoms with Crippen molar-refractivity contribution in [3.8, 4) is 0 Å². The molecule has 0 atom stereocenters. The Labute approximate surface area is 127 Å². The summed E-state index contributed by atoms with van der Waals surface area (Å²) in [5, 5.41) is 19.2. The fraction of sp³-hybridized carbons (Fsp3) is 0.429. The predicted molar refractivity (Wildman–Crippen MR) is 76.1 cm³/mol. The molecule has 0 aliphatic heterocycles. The molecule has 8 nitrogen and oxygen atoms in total. The van der Waals surface area contributed by atoms with Gasteiger partial charge in [0.1, 0.15) is 12.3 Å². The molecule has 2 heterocycles. The number of carboxylic acids is 1. The Bertz CT molecular complexity index is 646. The van der Waals surface area contributed by atoms with Crippen LogP contribution in [0, 0.1) is 5.92 Å². The number of carboxylic acid groups (broad SMARTS) is 1. The fourth-order valence-electron chi connectivity index (χ4n) is 2.01. The summed E-state index contributed by atoms with van der Waals surface area (Å²) in [6, 6.07) is 3.49. The van der Waals surface area contributed by atoms with Crippen LogP contribution in [0.5, 0.6) is 0 Å². The van der Waals surface area contributed by atoms with Crippen molar-refractivity contribution in [2.75, 3.05) is 0 Å². The molecule has 0 aliphatic carbocycles. The first-order valence-corrected chi connectivity index (χ1v) is 6.92. The van der Waals surface area contributed by atoms with E-state index in [-0.39, 0.29) is 30.6 Å². The molecule has 2 aromatic heterocycles. The molecule has 2 aromatic rings. The number of carbonyl (C=O) groups is 2. The van der Waals surface area contributed by atoms with Gasteiger partial charge in [0.15, 0.2) is 5.69 Å². The Hall–Kier alpha value is -2.64. The third-order valence-electron chi connectivity index (χ3n) is 2.98. The summed E-state index contributed by atoms with van der Waals surface area (Å²) >= 11 is 0. The largest absolute Gasteiger partial charge is 0.476 e. The second kappa shape index (κ2) is 6.88. The number of nitrogens with one attached hydrogen (secondary N) is 1. The van der Waals surface area contributed by atoms with Crippen molar-refractivity contribution < 1.29 is 19.1 Å². The van der Waals surface area contributed by atoms with Crippen molar-refractivity contribution in [1.29, 1.82) is 0 Å². The van der Waals surface area contributed by atoms with Gasteiger partial charge in [-0.2, -0.15) is 0 Å². The number of amides is 1. The zero-order chi connectivity index (χ0) is 16.1. The predicted octanol–water partition coefficient (Wildman–Crippen LogP) is 1.08. The number of hydrogen-bond donors (Lipinski definition) is 2. The van der Waals surface area contributed by atoms with Gasteiger partial charge in [-0.05, 0) is 24.5 Å². The number of carbonyl (C=O) groups excluding carboxylic acids is 1. The van der Waals surface area contributed by atoms with Crippen LogP contribution >= 0.6 is 0 Å². The van der Waals surface area contributed by atoms with E-state index in [4.69, 9.17) is 9.52 Å². The van der Waals surface area contributed by atoms with Gasteiger partial charge in [-0.25, -0.2) is 9.48 Å². The van der Waals surface area contributed by atoms with E-state index in [0.717, 1.165) is 0 Å². The van der Waals surface area contributed by atoms with Crippen LogP contribution in [0.3, 0.4) is 0 Å². The zero-order valence-electron chi connectivity index (χ0n) is 12.4. The summed E-state index contributed by atoms with van der Waals surface area (Å²) in [4.78, 5) is 23.1. The molecule has 118 valence electrons. The molecule has 1 amide bonds. The minimum absolute atomic E-state index is 0.0803. The number of aromatic nitrogens is 3. The molecule has 2 rings (SSSR count). The van der Waals surface area contributed by atoms with Crippen LogP contribution < -0.4 is 5.32 Å². The number of aromatic carboxylic acids is 1. The van der Waals surface area contributed by atoms with E-state index in [1.54, 1.807) is 12.1 Å². The van der Waals surface area contributed by atoms with Gasteiger partial charge in [0, 0.05) is 0 Å².